The van der Waals surface area contributed by atoms with Crippen LogP contribution < -0.4 is 10.1 Å². The fourth-order valence-electron chi connectivity index (χ4n) is 1.86. The third-order valence-corrected chi connectivity index (χ3v) is 3.51. The molecule has 5 heteroatoms. The standard InChI is InChI=1S/C16H21NO4/c1-16(2,15(19)20)9-14(18)17-12-5-3-4-6-13(12)21-10-11-7-8-11/h3-6,11H,7-10H2,1-2H3,(H,17,18)(H,19,20). The second kappa shape index (κ2) is 6.16. The van der Waals surface area contributed by atoms with Crippen LogP contribution >= 0.6 is 0 Å². The van der Waals surface area contributed by atoms with E-state index in [9.17, 15) is 9.59 Å². The van der Waals surface area contributed by atoms with E-state index >= 15 is 0 Å². The minimum absolute atomic E-state index is 0.0840. The van der Waals surface area contributed by atoms with Gasteiger partial charge in [0.05, 0.1) is 17.7 Å². The molecule has 5 nitrogen and oxygen atoms in total. The van der Waals surface area contributed by atoms with Gasteiger partial charge in [-0.2, -0.15) is 0 Å². The second-order valence-corrected chi connectivity index (χ2v) is 6.16. The van der Waals surface area contributed by atoms with Gasteiger partial charge in [0.1, 0.15) is 5.75 Å². The van der Waals surface area contributed by atoms with Gasteiger partial charge in [-0.3, -0.25) is 9.59 Å². The van der Waals surface area contributed by atoms with Crippen molar-refractivity contribution in [3.63, 3.8) is 0 Å². The largest absolute Gasteiger partial charge is 0.491 e. The highest BCUT2D eigenvalue weighted by Gasteiger charge is 2.30. The number of carbonyl (C=O) groups excluding carboxylic acids is 1. The molecule has 0 heterocycles. The molecular formula is C16H21NO4. The Labute approximate surface area is 124 Å². The molecule has 0 aromatic heterocycles. The minimum Gasteiger partial charge on any atom is -0.491 e. The number of anilines is 1. The summed E-state index contributed by atoms with van der Waals surface area (Å²) in [6, 6.07) is 7.22. The lowest BCUT2D eigenvalue weighted by Crippen LogP contribution is -2.29. The molecule has 1 aromatic rings. The molecule has 1 aliphatic rings. The summed E-state index contributed by atoms with van der Waals surface area (Å²) >= 11 is 0. The Bertz CT molecular complexity index is 535. The number of benzene rings is 1. The highest BCUT2D eigenvalue weighted by Crippen LogP contribution is 2.32. The first-order chi connectivity index (χ1) is 9.88. The zero-order valence-electron chi connectivity index (χ0n) is 12.4. The lowest BCUT2D eigenvalue weighted by Gasteiger charge is -2.19. The van der Waals surface area contributed by atoms with Crippen LogP contribution in [0.4, 0.5) is 5.69 Å². The Morgan fingerprint density at radius 1 is 1.33 bits per heavy atom. The molecule has 1 aliphatic carbocycles. The van der Waals surface area contributed by atoms with Gasteiger partial charge in [0.15, 0.2) is 0 Å². The molecule has 1 fully saturated rings. The van der Waals surface area contributed by atoms with Crippen molar-refractivity contribution in [1.29, 1.82) is 0 Å². The summed E-state index contributed by atoms with van der Waals surface area (Å²) in [5, 5.41) is 11.8. The van der Waals surface area contributed by atoms with Crippen molar-refractivity contribution in [2.45, 2.75) is 33.1 Å². The number of carboxylic acids is 1. The minimum atomic E-state index is -1.09. The van der Waals surface area contributed by atoms with Gasteiger partial charge in [-0.05, 0) is 44.7 Å². The molecule has 1 aromatic carbocycles. The van der Waals surface area contributed by atoms with E-state index in [1.807, 2.05) is 12.1 Å². The molecule has 0 bridgehead atoms. The number of aliphatic carboxylic acids is 1. The molecule has 2 N–H and O–H groups in total. The number of rotatable bonds is 7. The van der Waals surface area contributed by atoms with Crippen molar-refractivity contribution in [3.05, 3.63) is 24.3 Å². The normalized spacial score (nSPS) is 14.6. The average Bonchev–Trinajstić information content (AvgIpc) is 3.21. The second-order valence-electron chi connectivity index (χ2n) is 6.16. The molecule has 2 rings (SSSR count). The molecule has 1 saturated carbocycles. The van der Waals surface area contributed by atoms with Crippen LogP contribution in [0, 0.1) is 11.3 Å². The summed E-state index contributed by atoms with van der Waals surface area (Å²) in [7, 11) is 0. The topological polar surface area (TPSA) is 75.6 Å². The summed E-state index contributed by atoms with van der Waals surface area (Å²) in [6.07, 6.45) is 2.31. The number of hydrogen-bond donors (Lipinski definition) is 2. The third kappa shape index (κ3) is 4.48. The molecular weight excluding hydrogens is 270 g/mol. The lowest BCUT2D eigenvalue weighted by molar-refractivity contribution is -0.148. The van der Waals surface area contributed by atoms with E-state index in [0.29, 0.717) is 24.0 Å². The van der Waals surface area contributed by atoms with Gasteiger partial charge in [0.2, 0.25) is 5.91 Å². The smallest absolute Gasteiger partial charge is 0.309 e. The molecule has 0 radical (unpaired) electrons. The van der Waals surface area contributed by atoms with Crippen LogP contribution in [0.25, 0.3) is 0 Å². The Hall–Kier alpha value is -2.04. The first kappa shape index (κ1) is 15.4. The SMILES string of the molecule is CC(C)(CC(=O)Nc1ccccc1OCC1CC1)C(=O)O. The van der Waals surface area contributed by atoms with Crippen LogP contribution in [0.3, 0.4) is 0 Å². The van der Waals surface area contributed by atoms with Crippen LogP contribution in [0.1, 0.15) is 33.1 Å². The highest BCUT2D eigenvalue weighted by atomic mass is 16.5. The molecule has 0 saturated heterocycles. The van der Waals surface area contributed by atoms with Crippen molar-refractivity contribution < 1.29 is 19.4 Å². The van der Waals surface area contributed by atoms with Crippen molar-refractivity contribution in [1.82, 2.24) is 0 Å². The first-order valence-electron chi connectivity index (χ1n) is 7.13. The van der Waals surface area contributed by atoms with Crippen LogP contribution in [-0.4, -0.2) is 23.6 Å². The molecule has 21 heavy (non-hydrogen) atoms. The first-order valence-corrected chi connectivity index (χ1v) is 7.13. The molecule has 114 valence electrons. The van der Waals surface area contributed by atoms with E-state index in [-0.39, 0.29) is 12.3 Å². The van der Waals surface area contributed by atoms with Gasteiger partial charge in [-0.1, -0.05) is 12.1 Å². The highest BCUT2D eigenvalue weighted by molar-refractivity contribution is 5.95. The fourth-order valence-corrected chi connectivity index (χ4v) is 1.86. The predicted octanol–water partition coefficient (Wildman–Crippen LogP) is 2.91. The number of carbonyl (C=O) groups is 2. The van der Waals surface area contributed by atoms with Gasteiger partial charge in [0.25, 0.3) is 0 Å². The van der Waals surface area contributed by atoms with Gasteiger partial charge in [0, 0.05) is 6.42 Å². The van der Waals surface area contributed by atoms with E-state index in [2.05, 4.69) is 5.32 Å². The summed E-state index contributed by atoms with van der Waals surface area (Å²) in [6.45, 7) is 3.72. The third-order valence-electron chi connectivity index (χ3n) is 3.51. The van der Waals surface area contributed by atoms with E-state index in [4.69, 9.17) is 9.84 Å². The number of hydrogen-bond acceptors (Lipinski definition) is 3. The van der Waals surface area contributed by atoms with Gasteiger partial charge in [-0.25, -0.2) is 0 Å². The number of nitrogens with one attached hydrogen (secondary N) is 1. The lowest BCUT2D eigenvalue weighted by atomic mass is 9.89. The number of carboxylic acid groups (broad SMARTS) is 1. The van der Waals surface area contributed by atoms with Crippen LogP contribution in [0.15, 0.2) is 24.3 Å². The van der Waals surface area contributed by atoms with Crippen molar-refractivity contribution in [2.24, 2.45) is 11.3 Å². The predicted molar refractivity (Wildman–Crippen MR) is 79.3 cm³/mol. The number of ether oxygens (including phenoxy) is 1. The summed E-state index contributed by atoms with van der Waals surface area (Å²) in [5.41, 5.74) is -0.502. The van der Waals surface area contributed by atoms with Crippen LogP contribution in [0.2, 0.25) is 0 Å². The van der Waals surface area contributed by atoms with Gasteiger partial charge < -0.3 is 15.2 Å². The maximum absolute atomic E-state index is 12.0. The van der Waals surface area contributed by atoms with Crippen LogP contribution in [0.5, 0.6) is 5.75 Å². The molecule has 0 atom stereocenters. The Morgan fingerprint density at radius 3 is 2.62 bits per heavy atom. The number of amides is 1. The Balaban J connectivity index is 1.97. The monoisotopic (exact) mass is 291 g/mol. The van der Waals surface area contributed by atoms with Crippen molar-refractivity contribution in [2.75, 3.05) is 11.9 Å². The van der Waals surface area contributed by atoms with E-state index in [1.54, 1.807) is 12.1 Å². The van der Waals surface area contributed by atoms with E-state index < -0.39 is 11.4 Å². The summed E-state index contributed by atoms with van der Waals surface area (Å²) in [4.78, 5) is 23.1. The maximum atomic E-state index is 12.0. The number of para-hydroxylation sites is 2. The molecule has 0 spiro atoms. The Kier molecular flexibility index (Phi) is 4.50. The average molecular weight is 291 g/mol. The zero-order valence-corrected chi connectivity index (χ0v) is 12.4. The summed E-state index contributed by atoms with van der Waals surface area (Å²) in [5.74, 6) is -0.0635. The molecule has 0 aliphatic heterocycles. The molecule has 0 unspecified atom stereocenters. The quantitative estimate of drug-likeness (QED) is 0.810. The van der Waals surface area contributed by atoms with Gasteiger partial charge >= 0.3 is 5.97 Å². The zero-order chi connectivity index (χ0) is 15.5. The fraction of sp³-hybridized carbons (Fsp3) is 0.500. The summed E-state index contributed by atoms with van der Waals surface area (Å²) < 4.78 is 5.71. The Morgan fingerprint density at radius 2 is 2.00 bits per heavy atom. The van der Waals surface area contributed by atoms with Gasteiger partial charge in [-0.15, -0.1) is 0 Å². The van der Waals surface area contributed by atoms with Crippen molar-refractivity contribution in [3.8, 4) is 5.75 Å². The van der Waals surface area contributed by atoms with Crippen molar-refractivity contribution >= 4 is 17.6 Å². The van der Waals surface area contributed by atoms with E-state index in [0.717, 1.165) is 0 Å². The maximum Gasteiger partial charge on any atom is 0.309 e. The molecule has 1 amide bonds. The van der Waals surface area contributed by atoms with E-state index in [1.165, 1.54) is 26.7 Å². The van der Waals surface area contributed by atoms with Crippen LogP contribution in [-0.2, 0) is 9.59 Å².